The summed E-state index contributed by atoms with van der Waals surface area (Å²) in [6.07, 6.45) is 1.77. The van der Waals surface area contributed by atoms with Gasteiger partial charge in [0.25, 0.3) is 0 Å². The van der Waals surface area contributed by atoms with Crippen molar-refractivity contribution in [3.63, 3.8) is 0 Å². The predicted octanol–water partition coefficient (Wildman–Crippen LogP) is 2.27. The van der Waals surface area contributed by atoms with Crippen LogP contribution in [0.5, 0.6) is 0 Å². The monoisotopic (exact) mass is 383 g/mol. The molecule has 0 N–H and O–H groups in total. The van der Waals surface area contributed by atoms with Gasteiger partial charge >= 0.3 is 0 Å². The Kier molecular flexibility index (Phi) is 4.78. The third-order valence-corrected chi connectivity index (χ3v) is 8.23. The Morgan fingerprint density at radius 3 is 2.60 bits per heavy atom. The minimum absolute atomic E-state index is 0.00857. The molecule has 6 nitrogen and oxygen atoms in total. The van der Waals surface area contributed by atoms with Gasteiger partial charge in [0.1, 0.15) is 5.76 Å². The van der Waals surface area contributed by atoms with Crippen LogP contribution in [-0.4, -0.2) is 38.7 Å². The molecule has 136 valence electrons. The van der Waals surface area contributed by atoms with E-state index in [0.717, 1.165) is 5.56 Å². The van der Waals surface area contributed by atoms with Gasteiger partial charge < -0.3 is 4.42 Å². The SMILES string of the molecule is Cc1ccc(C)c(S(=O)(=O)N(Cc2ccco2)C2CCS(=O)(=O)C2)c1. The standard InChI is InChI=1S/C17H21NO5S2/c1-13-5-6-14(2)17(10-13)25(21,22)18(11-16-4-3-8-23-16)15-7-9-24(19,20)12-15/h3-6,8,10,15H,7,9,11-12H2,1-2H3. The molecule has 0 amide bonds. The average Bonchev–Trinajstić information content (AvgIpc) is 3.16. The van der Waals surface area contributed by atoms with E-state index < -0.39 is 25.9 Å². The summed E-state index contributed by atoms with van der Waals surface area (Å²) in [4.78, 5) is 0.211. The van der Waals surface area contributed by atoms with Crippen molar-refractivity contribution in [2.24, 2.45) is 0 Å². The number of rotatable bonds is 5. The maximum Gasteiger partial charge on any atom is 0.244 e. The topological polar surface area (TPSA) is 84.7 Å². The molecule has 0 saturated carbocycles. The van der Waals surface area contributed by atoms with Crippen LogP contribution in [0.2, 0.25) is 0 Å². The average molecular weight is 383 g/mol. The molecule has 0 spiro atoms. The number of sulfonamides is 1. The number of nitrogens with zero attached hydrogens (tertiary/aromatic N) is 1. The van der Waals surface area contributed by atoms with Gasteiger partial charge in [0, 0.05) is 6.04 Å². The van der Waals surface area contributed by atoms with Crippen molar-refractivity contribution < 1.29 is 21.3 Å². The maximum absolute atomic E-state index is 13.3. The lowest BCUT2D eigenvalue weighted by atomic mass is 10.2. The Hall–Kier alpha value is -1.64. The minimum Gasteiger partial charge on any atom is -0.468 e. The minimum atomic E-state index is -3.86. The molecule has 1 aromatic carbocycles. The van der Waals surface area contributed by atoms with Crippen LogP contribution in [0.4, 0.5) is 0 Å². The van der Waals surface area contributed by atoms with Crippen LogP contribution in [0.25, 0.3) is 0 Å². The lowest BCUT2D eigenvalue weighted by molar-refractivity contribution is 0.306. The number of sulfone groups is 1. The van der Waals surface area contributed by atoms with Crippen molar-refractivity contribution in [1.29, 1.82) is 0 Å². The van der Waals surface area contributed by atoms with Gasteiger partial charge in [-0.2, -0.15) is 4.31 Å². The van der Waals surface area contributed by atoms with Crippen LogP contribution in [0.1, 0.15) is 23.3 Å². The molecular formula is C17H21NO5S2. The van der Waals surface area contributed by atoms with E-state index in [1.165, 1.54) is 10.6 Å². The Morgan fingerprint density at radius 2 is 2.00 bits per heavy atom. The molecule has 1 atom stereocenters. The molecule has 1 aliphatic rings. The molecule has 0 aliphatic carbocycles. The normalized spacial score (nSPS) is 20.2. The van der Waals surface area contributed by atoms with Crippen LogP contribution in [-0.2, 0) is 26.4 Å². The third kappa shape index (κ3) is 3.80. The zero-order valence-electron chi connectivity index (χ0n) is 14.2. The van der Waals surface area contributed by atoms with Crippen LogP contribution >= 0.6 is 0 Å². The summed E-state index contributed by atoms with van der Waals surface area (Å²) in [5.41, 5.74) is 1.47. The van der Waals surface area contributed by atoms with Crippen molar-refractivity contribution in [2.45, 2.75) is 37.8 Å². The van der Waals surface area contributed by atoms with Gasteiger partial charge in [0.2, 0.25) is 10.0 Å². The van der Waals surface area contributed by atoms with Gasteiger partial charge in [-0.25, -0.2) is 16.8 Å². The van der Waals surface area contributed by atoms with E-state index in [-0.39, 0.29) is 22.9 Å². The summed E-state index contributed by atoms with van der Waals surface area (Å²) in [5, 5.41) is 0. The van der Waals surface area contributed by atoms with Gasteiger partial charge in [-0.05, 0) is 49.6 Å². The van der Waals surface area contributed by atoms with Gasteiger partial charge in [-0.1, -0.05) is 12.1 Å². The summed E-state index contributed by atoms with van der Waals surface area (Å²) in [6, 6.07) is 8.03. The van der Waals surface area contributed by atoms with Gasteiger partial charge in [0.15, 0.2) is 9.84 Å². The number of benzene rings is 1. The second kappa shape index (κ2) is 6.59. The van der Waals surface area contributed by atoms with Crippen molar-refractivity contribution in [3.8, 4) is 0 Å². The molecule has 8 heteroatoms. The van der Waals surface area contributed by atoms with Crippen LogP contribution in [0.3, 0.4) is 0 Å². The highest BCUT2D eigenvalue weighted by atomic mass is 32.2. The third-order valence-electron chi connectivity index (χ3n) is 4.44. The van der Waals surface area contributed by atoms with E-state index in [1.807, 2.05) is 13.0 Å². The zero-order valence-corrected chi connectivity index (χ0v) is 15.8. The lowest BCUT2D eigenvalue weighted by Gasteiger charge is -2.27. The summed E-state index contributed by atoms with van der Waals surface area (Å²) in [7, 11) is -7.07. The van der Waals surface area contributed by atoms with E-state index in [4.69, 9.17) is 4.42 Å². The summed E-state index contributed by atoms with van der Waals surface area (Å²) >= 11 is 0. The van der Waals surface area contributed by atoms with Crippen LogP contribution in [0, 0.1) is 13.8 Å². The van der Waals surface area contributed by atoms with E-state index in [9.17, 15) is 16.8 Å². The molecule has 1 aromatic heterocycles. The molecule has 0 radical (unpaired) electrons. The quantitative estimate of drug-likeness (QED) is 0.791. The zero-order chi connectivity index (χ0) is 18.2. The van der Waals surface area contributed by atoms with Gasteiger partial charge in [-0.15, -0.1) is 0 Å². The lowest BCUT2D eigenvalue weighted by Crippen LogP contribution is -2.40. The number of hydrogen-bond acceptors (Lipinski definition) is 5. The fraction of sp³-hybridized carbons (Fsp3) is 0.412. The molecule has 1 unspecified atom stereocenters. The Labute approximate surface area is 148 Å². The van der Waals surface area contributed by atoms with Gasteiger partial charge in [0.05, 0.1) is 29.2 Å². The molecule has 1 fully saturated rings. The van der Waals surface area contributed by atoms with Crippen molar-refractivity contribution >= 4 is 19.9 Å². The molecular weight excluding hydrogens is 362 g/mol. The van der Waals surface area contributed by atoms with Crippen molar-refractivity contribution in [3.05, 3.63) is 53.5 Å². The fourth-order valence-corrected chi connectivity index (χ4v) is 6.84. The first-order valence-corrected chi connectivity index (χ1v) is 11.3. The molecule has 1 aliphatic heterocycles. The smallest absolute Gasteiger partial charge is 0.244 e. The van der Waals surface area contributed by atoms with Gasteiger partial charge in [-0.3, -0.25) is 0 Å². The predicted molar refractivity (Wildman–Crippen MR) is 94.4 cm³/mol. The van der Waals surface area contributed by atoms with E-state index in [0.29, 0.717) is 17.7 Å². The summed E-state index contributed by atoms with van der Waals surface area (Å²) in [5.74, 6) is 0.338. The number of furan rings is 1. The summed E-state index contributed by atoms with van der Waals surface area (Å²) in [6.45, 7) is 3.58. The Bertz CT molecular complexity index is 962. The van der Waals surface area contributed by atoms with Crippen molar-refractivity contribution in [2.75, 3.05) is 11.5 Å². The fourth-order valence-electron chi connectivity index (χ4n) is 3.08. The van der Waals surface area contributed by atoms with E-state index >= 15 is 0 Å². The highest BCUT2D eigenvalue weighted by molar-refractivity contribution is 7.92. The van der Waals surface area contributed by atoms with E-state index in [2.05, 4.69) is 0 Å². The second-order valence-corrected chi connectivity index (χ2v) is 10.5. The first-order chi connectivity index (χ1) is 11.7. The molecule has 2 heterocycles. The van der Waals surface area contributed by atoms with Crippen LogP contribution in [0.15, 0.2) is 45.9 Å². The first-order valence-electron chi connectivity index (χ1n) is 8.01. The summed E-state index contributed by atoms with van der Waals surface area (Å²) < 4.78 is 57.0. The molecule has 0 bridgehead atoms. The Balaban J connectivity index is 2.05. The Morgan fingerprint density at radius 1 is 1.24 bits per heavy atom. The largest absolute Gasteiger partial charge is 0.468 e. The highest BCUT2D eigenvalue weighted by Gasteiger charge is 2.39. The molecule has 3 rings (SSSR count). The molecule has 1 saturated heterocycles. The van der Waals surface area contributed by atoms with Crippen LogP contribution < -0.4 is 0 Å². The van der Waals surface area contributed by atoms with E-state index in [1.54, 1.807) is 31.2 Å². The highest BCUT2D eigenvalue weighted by Crippen LogP contribution is 2.29. The van der Waals surface area contributed by atoms with Crippen molar-refractivity contribution in [1.82, 2.24) is 4.31 Å². The number of aryl methyl sites for hydroxylation is 2. The molecule has 25 heavy (non-hydrogen) atoms. The first kappa shape index (κ1) is 18.2. The molecule has 2 aromatic rings. The maximum atomic E-state index is 13.3. The second-order valence-electron chi connectivity index (χ2n) is 6.46. The number of hydrogen-bond donors (Lipinski definition) is 0.